The lowest BCUT2D eigenvalue weighted by molar-refractivity contribution is 0.0963. The van der Waals surface area contributed by atoms with Gasteiger partial charge in [-0.05, 0) is 37.5 Å². The summed E-state index contributed by atoms with van der Waals surface area (Å²) in [7, 11) is 0. The Bertz CT molecular complexity index is 753. The molecule has 2 heterocycles. The molecule has 0 radical (unpaired) electrons. The number of aryl methyl sites for hydroxylation is 1. The Labute approximate surface area is 137 Å². The molecule has 1 N–H and O–H groups in total. The first-order valence-corrected chi connectivity index (χ1v) is 8.38. The van der Waals surface area contributed by atoms with Crippen molar-refractivity contribution >= 4 is 33.3 Å². The summed E-state index contributed by atoms with van der Waals surface area (Å²) in [6, 6.07) is 7.84. The number of rotatable bonds is 6. The highest BCUT2D eigenvalue weighted by molar-refractivity contribution is 7.18. The molecule has 1 aliphatic heterocycles. The van der Waals surface area contributed by atoms with Crippen molar-refractivity contribution in [3.05, 3.63) is 23.2 Å². The fraction of sp³-hybridized carbons (Fsp3) is 0.438. The number of anilines is 1. The Morgan fingerprint density at radius 1 is 1.48 bits per heavy atom. The predicted molar refractivity (Wildman–Crippen MR) is 87.5 cm³/mol. The second kappa shape index (κ2) is 6.94. The van der Waals surface area contributed by atoms with Crippen LogP contribution in [-0.4, -0.2) is 35.4 Å². The zero-order valence-corrected chi connectivity index (χ0v) is 13.4. The highest BCUT2D eigenvalue weighted by Gasteiger charge is 2.31. The zero-order chi connectivity index (χ0) is 16.2. The lowest BCUT2D eigenvalue weighted by atomic mass is 10.2. The maximum absolute atomic E-state index is 11.8. The molecule has 0 unspecified atom stereocenters. The number of cyclic esters (lactones) is 1. The number of aliphatic hydroxyl groups excluding tert-OH is 1. The second-order valence-corrected chi connectivity index (χ2v) is 6.54. The number of aliphatic hydroxyl groups is 1. The van der Waals surface area contributed by atoms with Crippen molar-refractivity contribution in [3.63, 3.8) is 0 Å². The van der Waals surface area contributed by atoms with Crippen LogP contribution in [0.3, 0.4) is 0 Å². The first-order valence-electron chi connectivity index (χ1n) is 7.56. The summed E-state index contributed by atoms with van der Waals surface area (Å²) in [6.45, 7) is 0.193. The van der Waals surface area contributed by atoms with Crippen LogP contribution in [0.2, 0.25) is 0 Å². The molecule has 1 atom stereocenters. The van der Waals surface area contributed by atoms with Crippen molar-refractivity contribution in [1.82, 2.24) is 4.98 Å². The maximum Gasteiger partial charge on any atom is 0.414 e. The third-order valence-electron chi connectivity index (χ3n) is 3.73. The van der Waals surface area contributed by atoms with Crippen molar-refractivity contribution in [1.29, 1.82) is 5.26 Å². The fourth-order valence-electron chi connectivity index (χ4n) is 2.54. The van der Waals surface area contributed by atoms with Gasteiger partial charge in [-0.25, -0.2) is 9.78 Å². The molecule has 7 heteroatoms. The molecule has 0 spiro atoms. The van der Waals surface area contributed by atoms with Crippen molar-refractivity contribution in [2.24, 2.45) is 0 Å². The van der Waals surface area contributed by atoms with Gasteiger partial charge in [-0.1, -0.05) is 0 Å². The van der Waals surface area contributed by atoms with Crippen LogP contribution in [0.1, 0.15) is 24.3 Å². The fourth-order valence-corrected chi connectivity index (χ4v) is 3.59. The Hall–Kier alpha value is -2.17. The Morgan fingerprint density at radius 2 is 2.35 bits per heavy atom. The van der Waals surface area contributed by atoms with Crippen molar-refractivity contribution < 1.29 is 14.6 Å². The van der Waals surface area contributed by atoms with Crippen molar-refractivity contribution in [2.75, 3.05) is 18.1 Å². The van der Waals surface area contributed by atoms with Gasteiger partial charge in [0, 0.05) is 12.1 Å². The number of hydrogen-bond acceptors (Lipinski definition) is 6. The zero-order valence-electron chi connectivity index (χ0n) is 12.6. The molecule has 0 aliphatic carbocycles. The summed E-state index contributed by atoms with van der Waals surface area (Å²) in [6.07, 6.45) is 2.41. The van der Waals surface area contributed by atoms with Gasteiger partial charge in [0.1, 0.15) is 6.10 Å². The molecule has 2 aromatic rings. The van der Waals surface area contributed by atoms with E-state index in [2.05, 4.69) is 11.1 Å². The standard InChI is InChI=1S/C16H17N3O3S/c17-7-3-1-2-4-15-18-13-6-5-11(8-14(13)23-15)19-9-12(10-20)22-16(19)21/h5-6,8,12,20H,1-4,9-10H2/t12-/m0/s1. The minimum Gasteiger partial charge on any atom is -0.441 e. The summed E-state index contributed by atoms with van der Waals surface area (Å²) >= 11 is 1.61. The van der Waals surface area contributed by atoms with E-state index < -0.39 is 12.2 Å². The number of unbranched alkanes of at least 4 members (excludes halogenated alkanes) is 2. The van der Waals surface area contributed by atoms with Gasteiger partial charge < -0.3 is 9.84 Å². The van der Waals surface area contributed by atoms with Crippen LogP contribution in [0.4, 0.5) is 10.5 Å². The molecule has 120 valence electrons. The molecule has 1 saturated heterocycles. The predicted octanol–water partition coefficient (Wildman–Crippen LogP) is 2.85. The normalized spacial score (nSPS) is 17.5. The minimum absolute atomic E-state index is 0.169. The molecule has 1 aromatic heterocycles. The average Bonchev–Trinajstić information content (AvgIpc) is 3.13. The summed E-state index contributed by atoms with van der Waals surface area (Å²) in [5.41, 5.74) is 1.68. The number of thiazole rings is 1. The Kier molecular flexibility index (Phi) is 4.74. The van der Waals surface area contributed by atoms with Gasteiger partial charge in [-0.2, -0.15) is 5.26 Å². The van der Waals surface area contributed by atoms with E-state index in [1.807, 2.05) is 18.2 Å². The smallest absolute Gasteiger partial charge is 0.414 e. The number of carbonyl (C=O) groups is 1. The topological polar surface area (TPSA) is 86.5 Å². The van der Waals surface area contributed by atoms with E-state index in [4.69, 9.17) is 15.1 Å². The molecular formula is C16H17N3O3S. The summed E-state index contributed by atoms with van der Waals surface area (Å²) in [5, 5.41) is 18.7. The molecule has 1 aliphatic rings. The molecule has 0 saturated carbocycles. The van der Waals surface area contributed by atoms with Gasteiger partial charge in [0.05, 0.1) is 34.4 Å². The van der Waals surface area contributed by atoms with E-state index in [0.29, 0.717) is 13.0 Å². The van der Waals surface area contributed by atoms with Gasteiger partial charge in [0.2, 0.25) is 0 Å². The first kappa shape index (κ1) is 15.7. The lowest BCUT2D eigenvalue weighted by Crippen LogP contribution is -2.25. The van der Waals surface area contributed by atoms with Crippen LogP contribution in [0, 0.1) is 11.3 Å². The first-order chi connectivity index (χ1) is 11.2. The lowest BCUT2D eigenvalue weighted by Gasteiger charge is -2.12. The van der Waals surface area contributed by atoms with Crippen LogP contribution in [0.5, 0.6) is 0 Å². The number of benzene rings is 1. The van der Waals surface area contributed by atoms with Crippen LogP contribution in [0.25, 0.3) is 10.2 Å². The molecule has 6 nitrogen and oxygen atoms in total. The van der Waals surface area contributed by atoms with E-state index in [9.17, 15) is 4.79 Å². The number of aromatic nitrogens is 1. The quantitative estimate of drug-likeness (QED) is 0.823. The molecule has 23 heavy (non-hydrogen) atoms. The molecular weight excluding hydrogens is 314 g/mol. The van der Waals surface area contributed by atoms with E-state index >= 15 is 0 Å². The van der Waals surface area contributed by atoms with Gasteiger partial charge in [-0.3, -0.25) is 4.90 Å². The van der Waals surface area contributed by atoms with Crippen LogP contribution >= 0.6 is 11.3 Å². The maximum atomic E-state index is 11.8. The number of nitriles is 1. The van der Waals surface area contributed by atoms with E-state index in [0.717, 1.165) is 40.2 Å². The average molecular weight is 331 g/mol. The second-order valence-electron chi connectivity index (χ2n) is 5.42. The number of amides is 1. The molecule has 0 bridgehead atoms. The molecule has 1 fully saturated rings. The van der Waals surface area contributed by atoms with E-state index in [1.165, 1.54) is 4.90 Å². The Balaban J connectivity index is 1.74. The van der Waals surface area contributed by atoms with E-state index in [-0.39, 0.29) is 6.61 Å². The Morgan fingerprint density at radius 3 is 3.09 bits per heavy atom. The minimum atomic E-state index is -0.463. The van der Waals surface area contributed by atoms with Crippen LogP contribution in [-0.2, 0) is 11.2 Å². The number of nitrogens with zero attached hydrogens (tertiary/aromatic N) is 3. The third-order valence-corrected chi connectivity index (χ3v) is 4.81. The van der Waals surface area contributed by atoms with Crippen molar-refractivity contribution in [3.8, 4) is 6.07 Å². The number of fused-ring (bicyclic) bond motifs is 1. The van der Waals surface area contributed by atoms with Gasteiger partial charge >= 0.3 is 6.09 Å². The van der Waals surface area contributed by atoms with Gasteiger partial charge in [0.15, 0.2) is 0 Å². The number of ether oxygens (including phenoxy) is 1. The van der Waals surface area contributed by atoms with Gasteiger partial charge in [0.25, 0.3) is 0 Å². The SMILES string of the molecule is N#CCCCCc1nc2ccc(N3C[C@@H](CO)OC3=O)cc2s1. The largest absolute Gasteiger partial charge is 0.441 e. The third kappa shape index (κ3) is 3.44. The highest BCUT2D eigenvalue weighted by Crippen LogP contribution is 2.30. The number of hydrogen-bond donors (Lipinski definition) is 1. The number of carbonyl (C=O) groups excluding carboxylic acids is 1. The highest BCUT2D eigenvalue weighted by atomic mass is 32.1. The van der Waals surface area contributed by atoms with Crippen LogP contribution in [0.15, 0.2) is 18.2 Å². The summed E-state index contributed by atoms with van der Waals surface area (Å²) in [5.74, 6) is 0. The molecule has 1 amide bonds. The van der Waals surface area contributed by atoms with Crippen molar-refractivity contribution in [2.45, 2.75) is 31.8 Å². The van der Waals surface area contributed by atoms with Gasteiger partial charge in [-0.15, -0.1) is 11.3 Å². The molecule has 3 rings (SSSR count). The van der Waals surface area contributed by atoms with Crippen LogP contribution < -0.4 is 4.90 Å². The molecule has 1 aromatic carbocycles. The summed E-state index contributed by atoms with van der Waals surface area (Å²) < 4.78 is 6.10. The summed E-state index contributed by atoms with van der Waals surface area (Å²) in [4.78, 5) is 18.0. The van der Waals surface area contributed by atoms with E-state index in [1.54, 1.807) is 11.3 Å². The monoisotopic (exact) mass is 331 g/mol.